The molecule has 0 radical (unpaired) electrons. The number of carbonyl (C=O) groups is 1. The zero-order chi connectivity index (χ0) is 33.0. The van der Waals surface area contributed by atoms with Crippen LogP contribution in [0.4, 0.5) is 11.6 Å². The van der Waals surface area contributed by atoms with Crippen molar-refractivity contribution in [3.05, 3.63) is 98.8 Å². The van der Waals surface area contributed by atoms with Gasteiger partial charge in [-0.3, -0.25) is 9.36 Å². The van der Waals surface area contributed by atoms with Gasteiger partial charge in [-0.2, -0.15) is 0 Å². The van der Waals surface area contributed by atoms with Crippen LogP contribution in [0.15, 0.2) is 65.5 Å². The number of benzene rings is 3. The molecule has 4 aromatic rings. The first kappa shape index (κ1) is 32.0. The van der Waals surface area contributed by atoms with E-state index in [0.717, 1.165) is 24.0 Å². The van der Waals surface area contributed by atoms with Crippen LogP contribution in [0.3, 0.4) is 0 Å². The molecule has 1 fully saturated rings. The van der Waals surface area contributed by atoms with E-state index in [1.807, 2.05) is 42.7 Å². The molecule has 1 aliphatic carbocycles. The third kappa shape index (κ3) is 5.86. The Morgan fingerprint density at radius 1 is 1.02 bits per heavy atom. The average molecular weight is 639 g/mol. The molecule has 0 amide bonds. The zero-order valence-electron chi connectivity index (χ0n) is 28.3. The molecule has 8 nitrogen and oxygen atoms in total. The molecule has 0 spiro atoms. The SMILES string of the molecule is COC(=O)c1ccccc1NC(C)c1cc(C)cc2c(=O)n(C3CC(O[Si](C)(C)C(C)(C)C)C3)c(N3Cc4ccccc4C3)nc12. The van der Waals surface area contributed by atoms with Gasteiger partial charge in [-0.1, -0.05) is 63.2 Å². The van der Waals surface area contributed by atoms with Gasteiger partial charge in [-0.25, -0.2) is 9.78 Å². The molecule has 1 aromatic heterocycles. The summed E-state index contributed by atoms with van der Waals surface area (Å²) < 4.78 is 13.7. The van der Waals surface area contributed by atoms with Gasteiger partial charge in [0, 0.05) is 36.5 Å². The second-order valence-electron chi connectivity index (χ2n) is 14.5. The van der Waals surface area contributed by atoms with Crippen LogP contribution >= 0.6 is 0 Å². The molecule has 1 unspecified atom stereocenters. The van der Waals surface area contributed by atoms with Crippen molar-refractivity contribution in [3.8, 4) is 0 Å². The van der Waals surface area contributed by atoms with E-state index in [2.05, 4.69) is 74.4 Å². The Hall–Kier alpha value is -3.95. The monoisotopic (exact) mass is 638 g/mol. The predicted molar refractivity (Wildman–Crippen MR) is 187 cm³/mol. The van der Waals surface area contributed by atoms with Crippen LogP contribution < -0.4 is 15.8 Å². The van der Waals surface area contributed by atoms with Crippen molar-refractivity contribution >= 4 is 36.8 Å². The van der Waals surface area contributed by atoms with Crippen molar-refractivity contribution in [2.75, 3.05) is 17.3 Å². The molecule has 242 valence electrons. The van der Waals surface area contributed by atoms with Crippen molar-refractivity contribution in [3.63, 3.8) is 0 Å². The van der Waals surface area contributed by atoms with Gasteiger partial charge in [0.05, 0.1) is 29.6 Å². The molecule has 2 aliphatic rings. The maximum absolute atomic E-state index is 14.6. The van der Waals surface area contributed by atoms with Gasteiger partial charge in [0.2, 0.25) is 5.95 Å². The zero-order valence-corrected chi connectivity index (χ0v) is 29.3. The summed E-state index contributed by atoms with van der Waals surface area (Å²) in [5.74, 6) is 0.300. The minimum absolute atomic E-state index is 0.0150. The number of rotatable bonds is 8. The number of esters is 1. The van der Waals surface area contributed by atoms with Crippen LogP contribution in [-0.2, 0) is 22.3 Å². The summed E-state index contributed by atoms with van der Waals surface area (Å²) in [7, 11) is -0.548. The molecule has 1 atom stereocenters. The average Bonchev–Trinajstić information content (AvgIpc) is 3.42. The number of para-hydroxylation sites is 1. The lowest BCUT2D eigenvalue weighted by Gasteiger charge is -2.45. The number of hydrogen-bond acceptors (Lipinski definition) is 7. The van der Waals surface area contributed by atoms with Crippen LogP contribution in [0.25, 0.3) is 10.9 Å². The molecule has 1 N–H and O–H groups in total. The van der Waals surface area contributed by atoms with Crippen molar-refractivity contribution in [2.45, 2.75) is 96.9 Å². The van der Waals surface area contributed by atoms with Gasteiger partial charge in [0.25, 0.3) is 5.56 Å². The van der Waals surface area contributed by atoms with E-state index < -0.39 is 14.3 Å². The number of fused-ring (bicyclic) bond motifs is 2. The van der Waals surface area contributed by atoms with E-state index in [0.29, 0.717) is 41.2 Å². The highest BCUT2D eigenvalue weighted by atomic mass is 28.4. The first-order valence-corrected chi connectivity index (χ1v) is 19.2. The molecule has 0 saturated heterocycles. The molecular formula is C37H46N4O4Si. The fraction of sp³-hybridized carbons (Fsp3) is 0.432. The molecule has 1 aliphatic heterocycles. The summed E-state index contributed by atoms with van der Waals surface area (Å²) in [6.07, 6.45) is 1.74. The standard InChI is InChI=1S/C37H46N4O4Si/c1-23-17-30(24(2)38-32-16-12-11-15-29(32)35(43)44-6)33-31(18-23)34(42)41(27-19-28(20-27)45-46(7,8)37(3,4)5)36(39-33)40-21-25-13-9-10-14-26(25)22-40/h9-18,24,27-28,38H,19-22H2,1-8H3. The van der Waals surface area contributed by atoms with Gasteiger partial charge in [-0.15, -0.1) is 0 Å². The van der Waals surface area contributed by atoms with E-state index in [4.69, 9.17) is 14.1 Å². The second-order valence-corrected chi connectivity index (χ2v) is 19.2. The third-order valence-electron chi connectivity index (χ3n) is 10.2. The molecular weight excluding hydrogens is 593 g/mol. The number of methoxy groups -OCH3 is 1. The highest BCUT2D eigenvalue weighted by Gasteiger charge is 2.44. The quantitative estimate of drug-likeness (QED) is 0.155. The molecule has 6 rings (SSSR count). The number of aryl methyl sites for hydroxylation is 1. The molecule has 0 bridgehead atoms. The van der Waals surface area contributed by atoms with Crippen LogP contribution in [0.2, 0.25) is 18.1 Å². The van der Waals surface area contributed by atoms with Crippen LogP contribution in [0.5, 0.6) is 0 Å². The number of hydrogen-bond donors (Lipinski definition) is 1. The van der Waals surface area contributed by atoms with E-state index in [1.165, 1.54) is 18.2 Å². The van der Waals surface area contributed by atoms with Gasteiger partial charge < -0.3 is 19.4 Å². The van der Waals surface area contributed by atoms with Crippen LogP contribution in [0.1, 0.15) is 85.2 Å². The first-order valence-electron chi connectivity index (χ1n) is 16.3. The minimum atomic E-state index is -1.93. The lowest BCUT2D eigenvalue weighted by molar-refractivity contribution is 0.0568. The normalized spacial score (nSPS) is 18.7. The summed E-state index contributed by atoms with van der Waals surface area (Å²) >= 11 is 0. The van der Waals surface area contributed by atoms with Gasteiger partial charge >= 0.3 is 5.97 Å². The lowest BCUT2D eigenvalue weighted by Crippen LogP contribution is -2.49. The summed E-state index contributed by atoms with van der Waals surface area (Å²) in [5, 5.41) is 4.24. The van der Waals surface area contributed by atoms with Gasteiger partial charge in [0.15, 0.2) is 8.32 Å². The van der Waals surface area contributed by atoms with Crippen LogP contribution in [-0.4, -0.2) is 37.1 Å². The minimum Gasteiger partial charge on any atom is -0.465 e. The molecule has 9 heteroatoms. The highest BCUT2D eigenvalue weighted by molar-refractivity contribution is 6.74. The van der Waals surface area contributed by atoms with E-state index in [-0.39, 0.29) is 28.8 Å². The van der Waals surface area contributed by atoms with Gasteiger partial charge in [0.1, 0.15) is 0 Å². The third-order valence-corrected chi connectivity index (χ3v) is 14.7. The number of ether oxygens (including phenoxy) is 1. The predicted octanol–water partition coefficient (Wildman–Crippen LogP) is 7.91. The molecule has 2 heterocycles. The molecule has 3 aromatic carbocycles. The Labute approximate surface area is 272 Å². The summed E-state index contributed by atoms with van der Waals surface area (Å²) in [4.78, 5) is 34.7. The topological polar surface area (TPSA) is 85.7 Å². The smallest absolute Gasteiger partial charge is 0.339 e. The number of nitrogens with one attached hydrogen (secondary N) is 1. The molecule has 46 heavy (non-hydrogen) atoms. The Kier molecular flexibility index (Phi) is 8.35. The Balaban J connectivity index is 1.42. The Morgan fingerprint density at radius 3 is 2.28 bits per heavy atom. The van der Waals surface area contributed by atoms with Crippen molar-refractivity contribution in [2.24, 2.45) is 0 Å². The lowest BCUT2D eigenvalue weighted by atomic mass is 9.89. The van der Waals surface area contributed by atoms with Crippen LogP contribution in [0, 0.1) is 6.92 Å². The van der Waals surface area contributed by atoms with E-state index >= 15 is 0 Å². The fourth-order valence-electron chi connectivity index (χ4n) is 6.47. The van der Waals surface area contributed by atoms with E-state index in [9.17, 15) is 9.59 Å². The highest BCUT2D eigenvalue weighted by Crippen LogP contribution is 2.44. The largest absolute Gasteiger partial charge is 0.465 e. The number of carbonyl (C=O) groups excluding carboxylic acids is 1. The summed E-state index contributed by atoms with van der Waals surface area (Å²) in [6, 6.07) is 19.6. The fourth-order valence-corrected chi connectivity index (χ4v) is 7.85. The first-order chi connectivity index (χ1) is 21.8. The second kappa shape index (κ2) is 12.0. The maximum Gasteiger partial charge on any atom is 0.339 e. The van der Waals surface area contributed by atoms with Crippen molar-refractivity contribution in [1.29, 1.82) is 0 Å². The number of nitrogens with zero attached hydrogens (tertiary/aromatic N) is 3. The van der Waals surface area contributed by atoms with Crippen molar-refractivity contribution < 1.29 is 14.0 Å². The Bertz CT molecular complexity index is 1830. The summed E-state index contributed by atoms with van der Waals surface area (Å²) in [5.41, 5.74) is 6.20. The number of aromatic nitrogens is 2. The summed E-state index contributed by atoms with van der Waals surface area (Å²) in [6.45, 7) is 16.8. The molecule has 1 saturated carbocycles. The van der Waals surface area contributed by atoms with Crippen molar-refractivity contribution in [1.82, 2.24) is 9.55 Å². The van der Waals surface area contributed by atoms with E-state index in [1.54, 1.807) is 6.07 Å². The van der Waals surface area contributed by atoms with Gasteiger partial charge in [-0.05, 0) is 79.7 Å². The maximum atomic E-state index is 14.6. The number of anilines is 2. The Morgan fingerprint density at radius 2 is 1.65 bits per heavy atom.